The molecule has 13 heteroatoms. The predicted molar refractivity (Wildman–Crippen MR) is 117 cm³/mol. The van der Waals surface area contributed by atoms with E-state index in [1.54, 1.807) is 30.1 Å². The number of halogens is 2. The van der Waals surface area contributed by atoms with Crippen LogP contribution in [0.15, 0.2) is 12.1 Å². The Hall–Kier alpha value is -3.35. The van der Waals surface area contributed by atoms with Crippen LogP contribution in [0, 0.1) is 11.9 Å². The minimum Gasteiger partial charge on any atom is -0.481 e. The molecule has 2 aliphatic rings. The van der Waals surface area contributed by atoms with E-state index in [4.69, 9.17) is 9.47 Å². The van der Waals surface area contributed by atoms with Crippen LogP contribution in [0.2, 0.25) is 0 Å². The Bertz CT molecular complexity index is 895. The van der Waals surface area contributed by atoms with Crippen LogP contribution in [0.3, 0.4) is 0 Å². The second-order valence-corrected chi connectivity index (χ2v) is 7.30. The van der Waals surface area contributed by atoms with Crippen LogP contribution in [0.4, 0.5) is 20.7 Å². The summed E-state index contributed by atoms with van der Waals surface area (Å²) in [6, 6.07) is 2.31. The molecule has 2 aromatic rings. The normalized spacial score (nSPS) is 16.1. The molecule has 0 bridgehead atoms. The van der Waals surface area contributed by atoms with Gasteiger partial charge in [0.1, 0.15) is 0 Å². The number of anilines is 2. The molecule has 0 unspecified atom stereocenters. The minimum absolute atomic E-state index is 0.00371. The lowest BCUT2D eigenvalue weighted by atomic mass is 10.3. The Balaban J connectivity index is 0.000000186. The average Bonchev–Trinajstić information content (AvgIpc) is 2.84. The van der Waals surface area contributed by atoms with Gasteiger partial charge in [0, 0.05) is 65.3 Å². The number of piperazine rings is 2. The number of aromatic nitrogens is 4. The number of nitrogens with zero attached hydrogens (tertiary/aromatic N) is 7. The first-order valence-corrected chi connectivity index (χ1v) is 10.5. The van der Waals surface area contributed by atoms with Gasteiger partial charge in [-0.05, 0) is 0 Å². The Morgan fingerprint density at radius 2 is 1.30 bits per heavy atom. The lowest BCUT2D eigenvalue weighted by Crippen LogP contribution is -2.48. The number of methoxy groups -OCH3 is 2. The van der Waals surface area contributed by atoms with E-state index in [9.17, 15) is 13.6 Å². The molecule has 2 aliphatic heterocycles. The Morgan fingerprint density at radius 1 is 0.818 bits per heavy atom. The van der Waals surface area contributed by atoms with Crippen molar-refractivity contribution in [3.8, 4) is 11.8 Å². The van der Waals surface area contributed by atoms with Crippen molar-refractivity contribution in [1.82, 2.24) is 30.2 Å². The van der Waals surface area contributed by atoms with Gasteiger partial charge < -0.3 is 29.5 Å². The van der Waals surface area contributed by atoms with Crippen molar-refractivity contribution >= 4 is 17.8 Å². The average molecular weight is 466 g/mol. The quantitative estimate of drug-likeness (QED) is 0.633. The van der Waals surface area contributed by atoms with E-state index >= 15 is 0 Å². The highest BCUT2D eigenvalue weighted by atomic mass is 19.1. The number of hydrogen-bond donors (Lipinski definition) is 1. The van der Waals surface area contributed by atoms with Crippen molar-refractivity contribution in [1.29, 1.82) is 0 Å². The molecule has 2 fully saturated rings. The summed E-state index contributed by atoms with van der Waals surface area (Å²) in [4.78, 5) is 32.2. The van der Waals surface area contributed by atoms with E-state index < -0.39 is 11.9 Å². The van der Waals surface area contributed by atoms with E-state index in [0.29, 0.717) is 50.0 Å². The van der Waals surface area contributed by atoms with Gasteiger partial charge in [0.2, 0.25) is 41.5 Å². The molecule has 0 radical (unpaired) electrons. The maximum absolute atomic E-state index is 12.9. The van der Waals surface area contributed by atoms with Gasteiger partial charge >= 0.3 is 0 Å². The lowest BCUT2D eigenvalue weighted by molar-refractivity contribution is -0.129. The molecule has 4 heterocycles. The molecule has 2 saturated heterocycles. The van der Waals surface area contributed by atoms with E-state index in [1.807, 2.05) is 0 Å². The Kier molecular flexibility index (Phi) is 8.46. The molecule has 1 amide bonds. The number of amides is 1. The van der Waals surface area contributed by atoms with Crippen molar-refractivity contribution in [2.24, 2.45) is 0 Å². The molecule has 0 aliphatic carbocycles. The van der Waals surface area contributed by atoms with Gasteiger partial charge in [-0.2, -0.15) is 28.7 Å². The fourth-order valence-electron chi connectivity index (χ4n) is 3.35. The maximum Gasteiger partial charge on any atom is 0.232 e. The first-order valence-electron chi connectivity index (χ1n) is 10.5. The largest absolute Gasteiger partial charge is 0.481 e. The standard InChI is InChI=1S/C10H12F2N4O.C10H16N4O2/c1-7(17)15-2-4-16(5-3-15)10-13-8(11)6-9(12)14-10;1-15-8-7-9(16-2)13-10(12-8)14-5-3-11-4-6-14/h6H,2-5H2,1H3;7,11H,3-6H2,1-2H3. The van der Waals surface area contributed by atoms with Crippen LogP contribution in [0.25, 0.3) is 0 Å². The fraction of sp³-hybridized carbons (Fsp3) is 0.550. The van der Waals surface area contributed by atoms with E-state index in [0.717, 1.165) is 26.2 Å². The van der Waals surface area contributed by atoms with Gasteiger partial charge in [-0.3, -0.25) is 4.79 Å². The summed E-state index contributed by atoms with van der Waals surface area (Å²) in [5.74, 6) is -0.0249. The third-order valence-electron chi connectivity index (χ3n) is 5.15. The van der Waals surface area contributed by atoms with Crippen molar-refractivity contribution in [2.75, 3.05) is 76.4 Å². The number of hydrogen-bond acceptors (Lipinski definition) is 10. The van der Waals surface area contributed by atoms with Gasteiger partial charge in [0.25, 0.3) is 0 Å². The second-order valence-electron chi connectivity index (χ2n) is 7.30. The Morgan fingerprint density at radius 3 is 1.79 bits per heavy atom. The van der Waals surface area contributed by atoms with E-state index in [2.05, 4.69) is 30.2 Å². The van der Waals surface area contributed by atoms with Gasteiger partial charge in [0.15, 0.2) is 0 Å². The summed E-state index contributed by atoms with van der Waals surface area (Å²) in [6.07, 6.45) is 0. The lowest BCUT2D eigenvalue weighted by Gasteiger charge is -2.34. The zero-order chi connectivity index (χ0) is 23.8. The maximum atomic E-state index is 12.9. The molecule has 2 aromatic heterocycles. The fourth-order valence-corrected chi connectivity index (χ4v) is 3.35. The molecular weight excluding hydrogens is 438 g/mol. The SMILES string of the molecule is CC(=O)N1CCN(c2nc(F)cc(F)n2)CC1.COc1cc(OC)nc(N2CCNCC2)n1. The highest BCUT2D eigenvalue weighted by Gasteiger charge is 2.21. The van der Waals surface area contributed by atoms with E-state index in [1.165, 1.54) is 6.92 Å². The summed E-state index contributed by atoms with van der Waals surface area (Å²) >= 11 is 0. The smallest absolute Gasteiger partial charge is 0.232 e. The molecule has 0 aromatic carbocycles. The van der Waals surface area contributed by atoms with Crippen LogP contribution in [-0.2, 0) is 4.79 Å². The monoisotopic (exact) mass is 466 g/mol. The highest BCUT2D eigenvalue weighted by molar-refractivity contribution is 5.73. The Labute approximate surface area is 190 Å². The first kappa shape index (κ1) is 24.3. The zero-order valence-electron chi connectivity index (χ0n) is 18.9. The molecule has 0 spiro atoms. The molecule has 11 nitrogen and oxygen atoms in total. The van der Waals surface area contributed by atoms with Crippen LogP contribution in [-0.4, -0.2) is 97.3 Å². The summed E-state index contributed by atoms with van der Waals surface area (Å²) in [7, 11) is 3.17. The van der Waals surface area contributed by atoms with Gasteiger partial charge in [0.05, 0.1) is 20.3 Å². The van der Waals surface area contributed by atoms with E-state index in [-0.39, 0.29) is 11.9 Å². The summed E-state index contributed by atoms with van der Waals surface area (Å²) < 4.78 is 36.0. The first-order chi connectivity index (χ1) is 15.9. The number of ether oxygens (including phenoxy) is 2. The van der Waals surface area contributed by atoms with Crippen molar-refractivity contribution < 1.29 is 23.0 Å². The number of carbonyl (C=O) groups is 1. The summed E-state index contributed by atoms with van der Waals surface area (Å²) in [5, 5.41) is 3.28. The second kappa shape index (κ2) is 11.5. The molecule has 180 valence electrons. The summed E-state index contributed by atoms with van der Waals surface area (Å²) in [6.45, 7) is 7.16. The van der Waals surface area contributed by atoms with Crippen LogP contribution < -0.4 is 24.6 Å². The van der Waals surface area contributed by atoms with Crippen molar-refractivity contribution in [3.05, 3.63) is 24.0 Å². The molecule has 0 saturated carbocycles. The number of carbonyl (C=O) groups excluding carboxylic acids is 1. The topological polar surface area (TPSA) is 109 Å². The minimum atomic E-state index is -0.888. The van der Waals surface area contributed by atoms with Crippen molar-refractivity contribution in [3.63, 3.8) is 0 Å². The van der Waals surface area contributed by atoms with Crippen LogP contribution in [0.1, 0.15) is 6.92 Å². The van der Waals surface area contributed by atoms with Crippen molar-refractivity contribution in [2.45, 2.75) is 6.92 Å². The van der Waals surface area contributed by atoms with Gasteiger partial charge in [-0.15, -0.1) is 0 Å². The molecular formula is C20H28F2N8O3. The molecule has 33 heavy (non-hydrogen) atoms. The number of rotatable bonds is 4. The third-order valence-corrected chi connectivity index (χ3v) is 5.15. The predicted octanol–water partition coefficient (Wildman–Crippen LogP) is 0.327. The molecule has 4 rings (SSSR count). The van der Waals surface area contributed by atoms with Gasteiger partial charge in [-0.25, -0.2) is 0 Å². The molecule has 0 atom stereocenters. The van der Waals surface area contributed by atoms with Gasteiger partial charge in [-0.1, -0.05) is 0 Å². The van der Waals surface area contributed by atoms with Crippen LogP contribution >= 0.6 is 0 Å². The summed E-state index contributed by atoms with van der Waals surface area (Å²) in [5.41, 5.74) is 0. The third kappa shape index (κ3) is 6.81. The zero-order valence-corrected chi connectivity index (χ0v) is 18.9. The molecule has 1 N–H and O–H groups in total. The number of nitrogens with one attached hydrogen (secondary N) is 1. The van der Waals surface area contributed by atoms with Crippen LogP contribution in [0.5, 0.6) is 11.8 Å². The highest BCUT2D eigenvalue weighted by Crippen LogP contribution is 2.20.